The summed E-state index contributed by atoms with van der Waals surface area (Å²) >= 11 is 0. The molecule has 0 radical (unpaired) electrons. The minimum absolute atomic E-state index is 0.0475. The van der Waals surface area contributed by atoms with Crippen LogP contribution in [0.5, 0.6) is 0 Å². The molecule has 0 saturated carbocycles. The molecule has 26 heavy (non-hydrogen) atoms. The molecule has 0 N–H and O–H groups in total. The number of aryl methyl sites for hydroxylation is 1. The van der Waals surface area contributed by atoms with E-state index in [9.17, 15) is 0 Å². The van der Waals surface area contributed by atoms with E-state index in [2.05, 4.69) is 45.9 Å². The molecule has 0 aliphatic heterocycles. The Kier molecular flexibility index (Phi) is 14.3. The molecule has 0 aliphatic carbocycles. The Balaban J connectivity index is 2.98. The van der Waals surface area contributed by atoms with Crippen molar-refractivity contribution in [3.8, 4) is 0 Å². The van der Waals surface area contributed by atoms with Gasteiger partial charge in [0.15, 0.2) is 0 Å². The molecule has 0 nitrogen and oxygen atoms in total. The quantitative estimate of drug-likeness (QED) is 0.201. The van der Waals surface area contributed by atoms with E-state index >= 15 is 0 Å². The van der Waals surface area contributed by atoms with Gasteiger partial charge in [0.25, 0.3) is 0 Å². The monoisotopic (exact) mass is 376 g/mol. The van der Waals surface area contributed by atoms with Crippen molar-refractivity contribution in [2.24, 2.45) is 0 Å². The maximum Gasteiger partial charge on any atom is -0.0206 e. The molecule has 1 aromatic rings. The lowest BCUT2D eigenvalue weighted by atomic mass is 9.98. The molecule has 0 aliphatic rings. The number of benzene rings is 1. The van der Waals surface area contributed by atoms with Crippen LogP contribution in [-0.2, 0) is 12.8 Å². The summed E-state index contributed by atoms with van der Waals surface area (Å²) in [5, 5.41) is 1.79. The predicted octanol–water partition coefficient (Wildman–Crippen LogP) is 8.25. The molecule has 1 rings (SSSR count). The Bertz CT molecular complexity index is 451. The summed E-state index contributed by atoms with van der Waals surface area (Å²) in [5.74, 6) is 0. The molecule has 150 valence electrons. The van der Waals surface area contributed by atoms with Gasteiger partial charge in [-0.1, -0.05) is 98.8 Å². The second-order valence-electron chi connectivity index (χ2n) is 7.88. The molecular weight excluding hydrogens is 331 g/mol. The van der Waals surface area contributed by atoms with Crippen molar-refractivity contribution in [2.45, 2.75) is 111 Å². The maximum atomic E-state index is 2.51. The highest BCUT2D eigenvalue weighted by Crippen LogP contribution is 2.39. The fourth-order valence-corrected chi connectivity index (χ4v) is 6.65. The van der Waals surface area contributed by atoms with E-state index < -0.39 is 0 Å². The van der Waals surface area contributed by atoms with Crippen LogP contribution in [0.4, 0.5) is 0 Å². The Morgan fingerprint density at radius 1 is 0.615 bits per heavy atom. The van der Waals surface area contributed by atoms with Crippen molar-refractivity contribution in [2.75, 3.05) is 12.3 Å². The van der Waals surface area contributed by atoms with Crippen LogP contribution in [0.15, 0.2) is 18.2 Å². The van der Waals surface area contributed by atoms with Gasteiger partial charge in [0, 0.05) is 0 Å². The fraction of sp³-hybridized carbons (Fsp3) is 0.760. The van der Waals surface area contributed by atoms with E-state index in [0.29, 0.717) is 0 Å². The van der Waals surface area contributed by atoms with Crippen molar-refractivity contribution in [3.05, 3.63) is 29.3 Å². The van der Waals surface area contributed by atoms with Crippen molar-refractivity contribution >= 4 is 13.2 Å². The molecule has 1 unspecified atom stereocenters. The topological polar surface area (TPSA) is 0 Å². The normalized spacial score (nSPS) is 12.5. The smallest absolute Gasteiger partial charge is 0.0206 e. The number of hydrogen-bond donors (Lipinski definition) is 0. The van der Waals surface area contributed by atoms with E-state index in [-0.39, 0.29) is 7.92 Å². The number of rotatable bonds is 16. The Labute approximate surface area is 166 Å². The first kappa shape index (κ1) is 23.7. The average molecular weight is 377 g/mol. The lowest BCUT2D eigenvalue weighted by Gasteiger charge is -2.24. The molecule has 0 heterocycles. The van der Waals surface area contributed by atoms with Gasteiger partial charge in [-0.25, -0.2) is 0 Å². The Morgan fingerprint density at radius 3 is 1.85 bits per heavy atom. The van der Waals surface area contributed by atoms with Gasteiger partial charge >= 0.3 is 0 Å². The summed E-state index contributed by atoms with van der Waals surface area (Å²) < 4.78 is 0. The highest BCUT2D eigenvalue weighted by molar-refractivity contribution is 7.65. The van der Waals surface area contributed by atoms with Gasteiger partial charge in [-0.2, -0.15) is 0 Å². The van der Waals surface area contributed by atoms with E-state index in [1.165, 1.54) is 95.8 Å². The molecule has 0 amide bonds. The molecule has 0 bridgehead atoms. The first-order valence-electron chi connectivity index (χ1n) is 11.6. The summed E-state index contributed by atoms with van der Waals surface area (Å²) in [6.45, 7) is 9.32. The minimum atomic E-state index is 0.0475. The third-order valence-electron chi connectivity index (χ3n) is 5.48. The predicted molar refractivity (Wildman–Crippen MR) is 124 cm³/mol. The lowest BCUT2D eigenvalue weighted by Crippen LogP contribution is -2.15. The summed E-state index contributed by atoms with van der Waals surface area (Å²) in [6, 6.07) is 7.32. The van der Waals surface area contributed by atoms with Gasteiger partial charge in [0.05, 0.1) is 0 Å². The molecule has 1 heteroatoms. The van der Waals surface area contributed by atoms with Gasteiger partial charge < -0.3 is 0 Å². The SMILES string of the molecule is CCCCCCP(CCCCC)c1cccc(CCCC)c1CCCC. The van der Waals surface area contributed by atoms with E-state index in [0.717, 1.165) is 0 Å². The standard InChI is InChI=1S/C25H45P/c1-5-9-13-15-22-26(21-14-10-6-2)25-20-16-18-23(17-11-7-3)24(25)19-12-8-4/h16,18,20H,5-15,17,19,21-22H2,1-4H3. The lowest BCUT2D eigenvalue weighted by molar-refractivity contribution is 0.703. The highest BCUT2D eigenvalue weighted by atomic mass is 31.1. The molecule has 0 fully saturated rings. The van der Waals surface area contributed by atoms with Gasteiger partial charge in [-0.05, 0) is 67.3 Å². The fourth-order valence-electron chi connectivity index (χ4n) is 3.80. The van der Waals surface area contributed by atoms with Crippen LogP contribution in [0.2, 0.25) is 0 Å². The summed E-state index contributed by atoms with van der Waals surface area (Å²) in [4.78, 5) is 0. The zero-order chi connectivity index (χ0) is 19.0. The van der Waals surface area contributed by atoms with E-state index in [1.54, 1.807) is 16.4 Å². The largest absolute Gasteiger partial charge is 0.0750 e. The first-order chi connectivity index (χ1) is 12.8. The van der Waals surface area contributed by atoms with Crippen LogP contribution in [0.1, 0.15) is 109 Å². The Hall–Kier alpha value is -0.350. The van der Waals surface area contributed by atoms with Crippen molar-refractivity contribution in [1.29, 1.82) is 0 Å². The third kappa shape index (κ3) is 9.03. The number of hydrogen-bond acceptors (Lipinski definition) is 0. The van der Waals surface area contributed by atoms with E-state index in [1.807, 2.05) is 0 Å². The molecule has 1 atom stereocenters. The van der Waals surface area contributed by atoms with Gasteiger partial charge in [-0.15, -0.1) is 0 Å². The zero-order valence-electron chi connectivity index (χ0n) is 18.3. The van der Waals surface area contributed by atoms with Gasteiger partial charge in [0.1, 0.15) is 0 Å². The van der Waals surface area contributed by atoms with Crippen LogP contribution < -0.4 is 5.30 Å². The zero-order valence-corrected chi connectivity index (χ0v) is 19.2. The van der Waals surface area contributed by atoms with Crippen molar-refractivity contribution in [3.63, 3.8) is 0 Å². The van der Waals surface area contributed by atoms with Crippen molar-refractivity contribution in [1.82, 2.24) is 0 Å². The van der Waals surface area contributed by atoms with Gasteiger partial charge in [0.2, 0.25) is 0 Å². The molecular formula is C25H45P. The molecule has 0 aromatic heterocycles. The molecule has 1 aromatic carbocycles. The highest BCUT2D eigenvalue weighted by Gasteiger charge is 2.16. The average Bonchev–Trinajstić information content (AvgIpc) is 2.67. The summed E-state index contributed by atoms with van der Waals surface area (Å²) in [7, 11) is 0.0475. The summed E-state index contributed by atoms with van der Waals surface area (Å²) in [5.41, 5.74) is 3.44. The van der Waals surface area contributed by atoms with E-state index in [4.69, 9.17) is 0 Å². The Morgan fingerprint density at radius 2 is 1.19 bits per heavy atom. The van der Waals surface area contributed by atoms with Crippen molar-refractivity contribution < 1.29 is 0 Å². The van der Waals surface area contributed by atoms with Crippen LogP contribution in [0, 0.1) is 0 Å². The van der Waals surface area contributed by atoms with Gasteiger partial charge in [-0.3, -0.25) is 0 Å². The second kappa shape index (κ2) is 15.7. The van der Waals surface area contributed by atoms with Crippen LogP contribution in [0.25, 0.3) is 0 Å². The molecule has 0 saturated heterocycles. The molecule has 0 spiro atoms. The van der Waals surface area contributed by atoms with Crippen LogP contribution >= 0.6 is 7.92 Å². The first-order valence-corrected chi connectivity index (χ1v) is 13.3. The minimum Gasteiger partial charge on any atom is -0.0750 e. The third-order valence-corrected chi connectivity index (χ3v) is 8.29. The van der Waals surface area contributed by atoms with Crippen LogP contribution in [-0.4, -0.2) is 12.3 Å². The van der Waals surface area contributed by atoms with Crippen LogP contribution in [0.3, 0.4) is 0 Å². The summed E-state index contributed by atoms with van der Waals surface area (Å²) in [6.07, 6.45) is 20.7. The maximum absolute atomic E-state index is 2.51. The second-order valence-corrected chi connectivity index (χ2v) is 10.3. The number of unbranched alkanes of at least 4 members (excludes halogenated alkanes) is 7.